The maximum atomic E-state index is 12.3. The highest BCUT2D eigenvalue weighted by Gasteiger charge is 2.43. The summed E-state index contributed by atoms with van der Waals surface area (Å²) in [6.07, 6.45) is 1.89. The number of amides is 2. The van der Waals surface area contributed by atoms with Gasteiger partial charge in [-0.2, -0.15) is 0 Å². The number of thioether (sulfide) groups is 1. The Hall–Kier alpha value is -0.910. The summed E-state index contributed by atoms with van der Waals surface area (Å²) < 4.78 is 0. The van der Waals surface area contributed by atoms with Gasteiger partial charge in [0, 0.05) is 11.8 Å². The predicted octanol–water partition coefficient (Wildman–Crippen LogP) is 2.37. The molecule has 0 aromatic carbocycles. The molecule has 110 valence electrons. The minimum absolute atomic E-state index is 0.0603. The third-order valence-corrected chi connectivity index (χ3v) is 4.84. The van der Waals surface area contributed by atoms with Gasteiger partial charge in [0.2, 0.25) is 0 Å². The Balaban J connectivity index is 2.77. The Labute approximate surface area is 119 Å². The van der Waals surface area contributed by atoms with Crippen LogP contribution in [0.2, 0.25) is 0 Å². The molecule has 1 heterocycles. The normalized spacial score (nSPS) is 24.6. The van der Waals surface area contributed by atoms with Gasteiger partial charge in [0.1, 0.15) is 6.04 Å². The summed E-state index contributed by atoms with van der Waals surface area (Å²) >= 11 is 1.55. The zero-order valence-electron chi connectivity index (χ0n) is 12.0. The zero-order chi connectivity index (χ0) is 14.6. The number of nitrogens with zero attached hydrogens (tertiary/aromatic N) is 1. The van der Waals surface area contributed by atoms with Crippen LogP contribution in [0.4, 0.5) is 4.79 Å². The van der Waals surface area contributed by atoms with E-state index >= 15 is 0 Å². The molecule has 19 heavy (non-hydrogen) atoms. The Bertz CT molecular complexity index is 336. The summed E-state index contributed by atoms with van der Waals surface area (Å²) in [5.74, 6) is -0.219. The van der Waals surface area contributed by atoms with Crippen LogP contribution in [0.5, 0.6) is 0 Å². The lowest BCUT2D eigenvalue weighted by Gasteiger charge is -2.31. The van der Waals surface area contributed by atoms with Crippen LogP contribution in [0.25, 0.3) is 0 Å². The van der Waals surface area contributed by atoms with E-state index in [1.165, 1.54) is 4.90 Å². The van der Waals surface area contributed by atoms with Crippen LogP contribution in [0.3, 0.4) is 0 Å². The smallest absolute Gasteiger partial charge is 0.327 e. The number of hydrogen-bond donors (Lipinski definition) is 2. The number of carboxylic acid groups (broad SMARTS) is 1. The molecule has 5 nitrogen and oxygen atoms in total. The maximum absolute atomic E-state index is 12.3. The molecule has 3 unspecified atom stereocenters. The van der Waals surface area contributed by atoms with Crippen molar-refractivity contribution in [3.63, 3.8) is 0 Å². The van der Waals surface area contributed by atoms with E-state index in [0.29, 0.717) is 5.75 Å². The van der Waals surface area contributed by atoms with Gasteiger partial charge < -0.3 is 10.4 Å². The zero-order valence-corrected chi connectivity index (χ0v) is 12.9. The molecule has 0 aromatic heterocycles. The molecule has 0 bridgehead atoms. The Morgan fingerprint density at radius 3 is 2.53 bits per heavy atom. The second kappa shape index (κ2) is 7.03. The fourth-order valence-corrected chi connectivity index (χ4v) is 3.75. The third kappa shape index (κ3) is 4.03. The van der Waals surface area contributed by atoms with E-state index in [1.807, 2.05) is 20.8 Å². The molecule has 1 rings (SSSR count). The summed E-state index contributed by atoms with van der Waals surface area (Å²) in [4.78, 5) is 25.1. The second-order valence-corrected chi connectivity index (χ2v) is 6.52. The number of carboxylic acids is 1. The van der Waals surface area contributed by atoms with Crippen LogP contribution in [-0.4, -0.2) is 45.2 Å². The fourth-order valence-electron chi connectivity index (χ4n) is 2.28. The number of urea groups is 1. The fraction of sp³-hybridized carbons (Fsp3) is 0.846. The lowest BCUT2D eigenvalue weighted by Crippen LogP contribution is -2.53. The van der Waals surface area contributed by atoms with E-state index < -0.39 is 12.0 Å². The Morgan fingerprint density at radius 2 is 2.05 bits per heavy atom. The van der Waals surface area contributed by atoms with Crippen molar-refractivity contribution in [1.82, 2.24) is 10.2 Å². The minimum atomic E-state index is -0.922. The Morgan fingerprint density at radius 1 is 1.42 bits per heavy atom. The quantitative estimate of drug-likeness (QED) is 0.815. The first-order chi connectivity index (χ1) is 8.88. The van der Waals surface area contributed by atoms with Crippen LogP contribution in [0.1, 0.15) is 40.5 Å². The molecule has 1 aliphatic heterocycles. The molecule has 2 N–H and O–H groups in total. The molecule has 3 atom stereocenters. The van der Waals surface area contributed by atoms with Gasteiger partial charge in [-0.25, -0.2) is 9.59 Å². The first-order valence-corrected chi connectivity index (χ1v) is 7.86. The Kier molecular flexibility index (Phi) is 5.97. The van der Waals surface area contributed by atoms with Crippen molar-refractivity contribution in [3.8, 4) is 0 Å². The summed E-state index contributed by atoms with van der Waals surface area (Å²) in [7, 11) is 0. The third-order valence-electron chi connectivity index (χ3n) is 3.22. The highest BCUT2D eigenvalue weighted by molar-refractivity contribution is 8.00. The molecular weight excluding hydrogens is 264 g/mol. The predicted molar refractivity (Wildman–Crippen MR) is 77.2 cm³/mol. The monoisotopic (exact) mass is 288 g/mol. The van der Waals surface area contributed by atoms with Crippen molar-refractivity contribution < 1.29 is 14.7 Å². The number of aliphatic carboxylic acids is 1. The molecule has 0 aromatic rings. The first-order valence-electron chi connectivity index (χ1n) is 6.81. The molecule has 0 spiro atoms. The number of nitrogens with one attached hydrogen (secondary N) is 1. The van der Waals surface area contributed by atoms with E-state index in [0.717, 1.165) is 12.8 Å². The van der Waals surface area contributed by atoms with Crippen LogP contribution >= 0.6 is 11.8 Å². The second-order valence-electron chi connectivity index (χ2n) is 5.37. The van der Waals surface area contributed by atoms with Gasteiger partial charge >= 0.3 is 12.0 Å². The van der Waals surface area contributed by atoms with Gasteiger partial charge in [-0.15, -0.1) is 11.8 Å². The molecule has 1 aliphatic rings. The lowest BCUT2D eigenvalue weighted by atomic mass is 10.1. The molecule has 1 fully saturated rings. The molecule has 0 saturated carbocycles. The average Bonchev–Trinajstić information content (AvgIpc) is 2.73. The van der Waals surface area contributed by atoms with Gasteiger partial charge in [0.25, 0.3) is 0 Å². The van der Waals surface area contributed by atoms with Gasteiger partial charge in [0.15, 0.2) is 0 Å². The highest BCUT2D eigenvalue weighted by Crippen LogP contribution is 2.34. The van der Waals surface area contributed by atoms with E-state index in [9.17, 15) is 14.7 Å². The number of carbonyl (C=O) groups is 2. The van der Waals surface area contributed by atoms with Crippen molar-refractivity contribution in [2.75, 3.05) is 5.75 Å². The number of carbonyl (C=O) groups excluding carboxylic acids is 1. The summed E-state index contributed by atoms with van der Waals surface area (Å²) in [5, 5.41) is 12.1. The molecule has 6 heteroatoms. The largest absolute Gasteiger partial charge is 0.480 e. The van der Waals surface area contributed by atoms with Crippen molar-refractivity contribution in [3.05, 3.63) is 0 Å². The number of rotatable bonds is 5. The van der Waals surface area contributed by atoms with Gasteiger partial charge in [0.05, 0.1) is 5.37 Å². The van der Waals surface area contributed by atoms with E-state index in [1.54, 1.807) is 11.8 Å². The first kappa shape index (κ1) is 16.1. The molecule has 0 radical (unpaired) electrons. The van der Waals surface area contributed by atoms with Gasteiger partial charge in [-0.3, -0.25) is 4.90 Å². The van der Waals surface area contributed by atoms with Crippen LogP contribution in [0.15, 0.2) is 0 Å². The molecule has 1 saturated heterocycles. The summed E-state index contributed by atoms with van der Waals surface area (Å²) in [6, 6.07) is -0.895. The molecule has 2 amide bonds. The van der Waals surface area contributed by atoms with Crippen molar-refractivity contribution in [2.45, 2.75) is 58.0 Å². The van der Waals surface area contributed by atoms with Crippen LogP contribution in [-0.2, 0) is 4.79 Å². The topological polar surface area (TPSA) is 69.6 Å². The molecular formula is C13H24N2O3S. The van der Waals surface area contributed by atoms with Crippen molar-refractivity contribution in [2.24, 2.45) is 5.92 Å². The molecule has 0 aliphatic carbocycles. The highest BCUT2D eigenvalue weighted by atomic mass is 32.2. The van der Waals surface area contributed by atoms with E-state index in [4.69, 9.17) is 0 Å². The van der Waals surface area contributed by atoms with Crippen molar-refractivity contribution in [1.29, 1.82) is 0 Å². The summed E-state index contributed by atoms with van der Waals surface area (Å²) in [6.45, 7) is 8.03. The number of hydrogen-bond acceptors (Lipinski definition) is 3. The summed E-state index contributed by atoms with van der Waals surface area (Å²) in [5.41, 5.74) is 0. The van der Waals surface area contributed by atoms with E-state index in [-0.39, 0.29) is 23.4 Å². The van der Waals surface area contributed by atoms with E-state index in [2.05, 4.69) is 12.2 Å². The lowest BCUT2D eigenvalue weighted by molar-refractivity contribution is -0.141. The SMILES string of the molecule is CCCC(C)NC(=O)N1C(C(=O)O)CSC1C(C)C. The van der Waals surface area contributed by atoms with Gasteiger partial charge in [-0.05, 0) is 19.3 Å². The van der Waals surface area contributed by atoms with Crippen LogP contribution < -0.4 is 5.32 Å². The maximum Gasteiger partial charge on any atom is 0.327 e. The van der Waals surface area contributed by atoms with Crippen molar-refractivity contribution >= 4 is 23.8 Å². The minimum Gasteiger partial charge on any atom is -0.480 e. The standard InChI is InChI=1S/C13H24N2O3S/c1-5-6-9(4)14-13(18)15-10(12(16)17)7-19-11(15)8(2)3/h8-11H,5-7H2,1-4H3,(H,14,18)(H,16,17). The van der Waals surface area contributed by atoms with Gasteiger partial charge in [-0.1, -0.05) is 27.2 Å². The average molecular weight is 288 g/mol. The van der Waals surface area contributed by atoms with Crippen LogP contribution in [0, 0.1) is 5.92 Å².